The third-order valence-electron chi connectivity index (χ3n) is 4.51. The van der Waals surface area contributed by atoms with Crippen LogP contribution in [0.15, 0.2) is 36.7 Å². The van der Waals surface area contributed by atoms with Gasteiger partial charge < -0.3 is 25.4 Å². The Bertz CT molecular complexity index is 938. The summed E-state index contributed by atoms with van der Waals surface area (Å²) in [5, 5.41) is 32.8. The second-order valence-corrected chi connectivity index (χ2v) is 6.55. The molecule has 0 unspecified atom stereocenters. The van der Waals surface area contributed by atoms with E-state index in [1.54, 1.807) is 0 Å². The van der Waals surface area contributed by atoms with Gasteiger partial charge >= 0.3 is 0 Å². The number of rotatable bonds is 5. The molecule has 0 bridgehead atoms. The van der Waals surface area contributed by atoms with Crippen LogP contribution < -0.4 is 5.32 Å². The van der Waals surface area contributed by atoms with Gasteiger partial charge in [-0.05, 0) is 17.2 Å². The molecule has 4 rings (SSSR count). The molecule has 3 aromatic rings. The van der Waals surface area contributed by atoms with Crippen LogP contribution in [0.4, 0.5) is 5.82 Å². The number of benzene rings is 1. The number of nitrogens with one attached hydrogen (secondary N) is 1. The minimum Gasteiger partial charge on any atom is -0.394 e. The van der Waals surface area contributed by atoms with Crippen molar-refractivity contribution in [2.24, 2.45) is 0 Å². The topological polar surface area (TPSA) is 126 Å². The van der Waals surface area contributed by atoms with Gasteiger partial charge in [0.25, 0.3) is 0 Å². The predicted octanol–water partition coefficient (Wildman–Crippen LogP) is 0.703. The third-order valence-corrected chi connectivity index (χ3v) is 4.78. The standard InChI is InChI=1S/C17H18ClN5O4/c18-17-22-11-14(19-6-9-4-2-1-3-5-9)20-8-21-15(11)23(17)16-13(26)12(25)10(7-24)27-16/h1-5,8,10,12-13,16,24-26H,6-7H2,(H,19,20,21)/t10-,12-,13-,16-/m1/s1. The molecule has 2 aromatic heterocycles. The van der Waals surface area contributed by atoms with Gasteiger partial charge in [-0.1, -0.05) is 30.3 Å². The van der Waals surface area contributed by atoms with Gasteiger partial charge in [-0.15, -0.1) is 0 Å². The summed E-state index contributed by atoms with van der Waals surface area (Å²) in [5.74, 6) is 0.483. The number of anilines is 1. The molecular formula is C17H18ClN5O4. The van der Waals surface area contributed by atoms with E-state index in [0.717, 1.165) is 5.56 Å². The van der Waals surface area contributed by atoms with Crippen molar-refractivity contribution in [2.75, 3.05) is 11.9 Å². The summed E-state index contributed by atoms with van der Waals surface area (Å²) in [6.45, 7) is 0.100. The molecule has 142 valence electrons. The molecule has 1 saturated heterocycles. The normalized spacial score (nSPS) is 25.2. The smallest absolute Gasteiger partial charge is 0.207 e. The highest BCUT2D eigenvalue weighted by Crippen LogP contribution is 2.35. The van der Waals surface area contributed by atoms with Crippen molar-refractivity contribution in [1.82, 2.24) is 19.5 Å². The number of halogens is 1. The molecular weight excluding hydrogens is 374 g/mol. The number of nitrogens with zero attached hydrogens (tertiary/aromatic N) is 4. The average molecular weight is 392 g/mol. The van der Waals surface area contributed by atoms with Crippen LogP contribution in [0.1, 0.15) is 11.8 Å². The fraction of sp³-hybridized carbons (Fsp3) is 0.353. The number of hydrogen-bond donors (Lipinski definition) is 4. The van der Waals surface area contributed by atoms with E-state index in [-0.39, 0.29) is 5.28 Å². The third kappa shape index (κ3) is 3.24. The Kier molecular flexibility index (Phi) is 4.94. The van der Waals surface area contributed by atoms with Gasteiger partial charge in [0.2, 0.25) is 5.28 Å². The summed E-state index contributed by atoms with van der Waals surface area (Å²) < 4.78 is 6.93. The SMILES string of the molecule is OC[C@H]1O[C@@H](n2c(Cl)nc3c(NCc4ccccc4)ncnc32)[C@H](O)[C@@H]1O. The lowest BCUT2D eigenvalue weighted by Crippen LogP contribution is -2.33. The molecule has 3 heterocycles. The van der Waals surface area contributed by atoms with Gasteiger partial charge in [0, 0.05) is 6.54 Å². The Balaban J connectivity index is 1.67. The maximum absolute atomic E-state index is 10.3. The van der Waals surface area contributed by atoms with E-state index in [0.29, 0.717) is 23.5 Å². The summed E-state index contributed by atoms with van der Waals surface area (Å²) in [7, 11) is 0. The van der Waals surface area contributed by atoms with Crippen LogP contribution in [0.2, 0.25) is 5.28 Å². The Morgan fingerprint density at radius 1 is 1.15 bits per heavy atom. The van der Waals surface area contributed by atoms with Crippen LogP contribution in [0.25, 0.3) is 11.2 Å². The molecule has 10 heteroatoms. The van der Waals surface area contributed by atoms with Gasteiger partial charge in [0.1, 0.15) is 24.6 Å². The Hall–Kier alpha value is -2.30. The highest BCUT2D eigenvalue weighted by atomic mass is 35.5. The first-order valence-electron chi connectivity index (χ1n) is 8.39. The molecule has 0 aliphatic carbocycles. The first-order valence-corrected chi connectivity index (χ1v) is 8.76. The van der Waals surface area contributed by atoms with Gasteiger partial charge in [-0.2, -0.15) is 0 Å². The number of aliphatic hydroxyl groups excluding tert-OH is 3. The summed E-state index contributed by atoms with van der Waals surface area (Å²) in [6.07, 6.45) is -3.12. The van der Waals surface area contributed by atoms with Crippen molar-refractivity contribution in [3.05, 3.63) is 47.5 Å². The molecule has 0 saturated carbocycles. The lowest BCUT2D eigenvalue weighted by Gasteiger charge is -2.17. The van der Waals surface area contributed by atoms with E-state index in [1.807, 2.05) is 30.3 Å². The molecule has 0 radical (unpaired) electrons. The van der Waals surface area contributed by atoms with E-state index >= 15 is 0 Å². The molecule has 9 nitrogen and oxygen atoms in total. The zero-order valence-corrected chi connectivity index (χ0v) is 14.9. The molecule has 0 amide bonds. The van der Waals surface area contributed by atoms with E-state index in [1.165, 1.54) is 10.9 Å². The highest BCUT2D eigenvalue weighted by Gasteiger charge is 2.44. The van der Waals surface area contributed by atoms with E-state index in [9.17, 15) is 15.3 Å². The zero-order chi connectivity index (χ0) is 19.0. The molecule has 1 aliphatic heterocycles. The first kappa shape index (κ1) is 18.1. The lowest BCUT2D eigenvalue weighted by molar-refractivity contribution is -0.0509. The van der Waals surface area contributed by atoms with Crippen molar-refractivity contribution in [2.45, 2.75) is 31.1 Å². The van der Waals surface area contributed by atoms with Crippen molar-refractivity contribution >= 4 is 28.6 Å². The summed E-state index contributed by atoms with van der Waals surface area (Å²) >= 11 is 6.26. The number of aliphatic hydroxyl groups is 3. The number of ether oxygens (including phenoxy) is 1. The molecule has 4 N–H and O–H groups in total. The van der Waals surface area contributed by atoms with Crippen molar-refractivity contribution in [3.63, 3.8) is 0 Å². The second-order valence-electron chi connectivity index (χ2n) is 6.21. The average Bonchev–Trinajstić information content (AvgIpc) is 3.17. The zero-order valence-electron chi connectivity index (χ0n) is 14.1. The quantitative estimate of drug-likeness (QED) is 0.468. The lowest BCUT2D eigenvalue weighted by atomic mass is 10.1. The van der Waals surface area contributed by atoms with E-state index in [4.69, 9.17) is 16.3 Å². The summed E-state index contributed by atoms with van der Waals surface area (Å²) in [4.78, 5) is 12.7. The van der Waals surface area contributed by atoms with E-state index < -0.39 is 31.1 Å². The molecule has 1 aromatic carbocycles. The minimum atomic E-state index is -1.28. The monoisotopic (exact) mass is 391 g/mol. The number of aromatic nitrogens is 4. The summed E-state index contributed by atoms with van der Waals surface area (Å²) in [6, 6.07) is 9.79. The predicted molar refractivity (Wildman–Crippen MR) is 97.1 cm³/mol. The molecule has 1 fully saturated rings. The highest BCUT2D eigenvalue weighted by molar-refractivity contribution is 6.29. The molecule has 1 aliphatic rings. The van der Waals surface area contributed by atoms with Crippen LogP contribution in [0.3, 0.4) is 0 Å². The van der Waals surface area contributed by atoms with Crippen molar-refractivity contribution in [1.29, 1.82) is 0 Å². The van der Waals surface area contributed by atoms with Crippen molar-refractivity contribution in [3.8, 4) is 0 Å². The van der Waals surface area contributed by atoms with Gasteiger partial charge in [0.05, 0.1) is 6.61 Å². The first-order chi connectivity index (χ1) is 13.1. The maximum Gasteiger partial charge on any atom is 0.207 e. The van der Waals surface area contributed by atoms with Crippen LogP contribution in [0.5, 0.6) is 0 Å². The number of imidazole rings is 1. The van der Waals surface area contributed by atoms with Crippen LogP contribution in [-0.2, 0) is 11.3 Å². The molecule has 4 atom stereocenters. The number of fused-ring (bicyclic) bond motifs is 1. The summed E-state index contributed by atoms with van der Waals surface area (Å²) in [5.41, 5.74) is 1.83. The number of hydrogen-bond acceptors (Lipinski definition) is 8. The Labute approximate surface area is 159 Å². The van der Waals surface area contributed by atoms with E-state index in [2.05, 4.69) is 20.3 Å². The van der Waals surface area contributed by atoms with Gasteiger partial charge in [0.15, 0.2) is 23.2 Å². The van der Waals surface area contributed by atoms with Crippen LogP contribution >= 0.6 is 11.6 Å². The van der Waals surface area contributed by atoms with Crippen LogP contribution in [0, 0.1) is 0 Å². The second kappa shape index (κ2) is 7.37. The molecule has 27 heavy (non-hydrogen) atoms. The van der Waals surface area contributed by atoms with Gasteiger partial charge in [-0.25, -0.2) is 15.0 Å². The largest absolute Gasteiger partial charge is 0.394 e. The molecule has 0 spiro atoms. The Morgan fingerprint density at radius 3 is 2.63 bits per heavy atom. The maximum atomic E-state index is 10.3. The fourth-order valence-corrected chi connectivity index (χ4v) is 3.37. The van der Waals surface area contributed by atoms with Gasteiger partial charge in [-0.3, -0.25) is 4.57 Å². The fourth-order valence-electron chi connectivity index (χ4n) is 3.11. The van der Waals surface area contributed by atoms with Crippen molar-refractivity contribution < 1.29 is 20.1 Å². The minimum absolute atomic E-state index is 0.0306. The Morgan fingerprint density at radius 2 is 1.93 bits per heavy atom. The van der Waals surface area contributed by atoms with Crippen LogP contribution in [-0.4, -0.2) is 59.8 Å².